The second-order valence-electron chi connectivity index (χ2n) is 7.61. The molecule has 0 unspecified atom stereocenters. The van der Waals surface area contributed by atoms with Gasteiger partial charge in [0.2, 0.25) is 5.91 Å². The van der Waals surface area contributed by atoms with E-state index < -0.39 is 0 Å². The normalized spacial score (nSPS) is 28.4. The van der Waals surface area contributed by atoms with Crippen LogP contribution in [-0.4, -0.2) is 60.5 Å². The Bertz CT molecular complexity index is 669. The van der Waals surface area contributed by atoms with Crippen LogP contribution in [0, 0.1) is 18.8 Å². The number of rotatable bonds is 3. The molecule has 3 atom stereocenters. The monoisotopic (exact) mass is 342 g/mol. The SMILES string of the molecule is Cc1ccccc1C(=O)N1C[C@@H]2[C@H](CC(=O)N3CCCC3)CO[C@@H]2C1. The molecule has 5 nitrogen and oxygen atoms in total. The molecule has 134 valence electrons. The van der Waals surface area contributed by atoms with Crippen molar-refractivity contribution in [3.63, 3.8) is 0 Å². The van der Waals surface area contributed by atoms with Crippen LogP contribution < -0.4 is 0 Å². The Morgan fingerprint density at radius 1 is 1.12 bits per heavy atom. The highest BCUT2D eigenvalue weighted by atomic mass is 16.5. The van der Waals surface area contributed by atoms with Gasteiger partial charge in [-0.1, -0.05) is 18.2 Å². The molecule has 3 aliphatic rings. The van der Waals surface area contributed by atoms with E-state index in [0.717, 1.165) is 37.1 Å². The molecule has 3 fully saturated rings. The molecule has 3 saturated heterocycles. The third-order valence-electron chi connectivity index (χ3n) is 6.00. The van der Waals surface area contributed by atoms with Crippen LogP contribution >= 0.6 is 0 Å². The summed E-state index contributed by atoms with van der Waals surface area (Å²) in [5.74, 6) is 0.878. The predicted molar refractivity (Wildman–Crippen MR) is 94.2 cm³/mol. The van der Waals surface area contributed by atoms with Gasteiger partial charge in [0.05, 0.1) is 12.7 Å². The number of fused-ring (bicyclic) bond motifs is 1. The molecule has 0 saturated carbocycles. The first kappa shape index (κ1) is 16.6. The Morgan fingerprint density at radius 3 is 2.64 bits per heavy atom. The van der Waals surface area contributed by atoms with E-state index in [2.05, 4.69) is 0 Å². The molecule has 0 radical (unpaired) electrons. The molecule has 1 aromatic carbocycles. The van der Waals surface area contributed by atoms with Crippen molar-refractivity contribution in [2.24, 2.45) is 11.8 Å². The van der Waals surface area contributed by atoms with E-state index in [1.54, 1.807) is 0 Å². The quantitative estimate of drug-likeness (QED) is 0.845. The standard InChI is InChI=1S/C20H26N2O3/c1-14-6-2-3-7-16(14)20(24)22-11-17-15(13-25-18(17)12-22)10-19(23)21-8-4-5-9-21/h2-3,6-7,15,17-18H,4-5,8-13H2,1H3/t15-,17-,18-/m1/s1. The van der Waals surface area contributed by atoms with Crippen LogP contribution in [0.3, 0.4) is 0 Å². The van der Waals surface area contributed by atoms with Gasteiger partial charge in [-0.2, -0.15) is 0 Å². The molecule has 2 amide bonds. The van der Waals surface area contributed by atoms with E-state index >= 15 is 0 Å². The Hall–Kier alpha value is -1.88. The highest BCUT2D eigenvalue weighted by Crippen LogP contribution is 2.36. The summed E-state index contributed by atoms with van der Waals surface area (Å²) in [5.41, 5.74) is 1.78. The number of carbonyl (C=O) groups is 2. The van der Waals surface area contributed by atoms with Crippen LogP contribution in [0.2, 0.25) is 0 Å². The summed E-state index contributed by atoms with van der Waals surface area (Å²) in [6.07, 6.45) is 2.90. The molecule has 3 aliphatic heterocycles. The maximum absolute atomic E-state index is 12.8. The van der Waals surface area contributed by atoms with Crippen LogP contribution in [0.15, 0.2) is 24.3 Å². The van der Waals surface area contributed by atoms with Gasteiger partial charge in [0.15, 0.2) is 0 Å². The smallest absolute Gasteiger partial charge is 0.254 e. The molecule has 0 N–H and O–H groups in total. The van der Waals surface area contributed by atoms with E-state index in [1.165, 1.54) is 0 Å². The molecule has 0 aromatic heterocycles. The van der Waals surface area contributed by atoms with E-state index in [-0.39, 0.29) is 23.8 Å². The van der Waals surface area contributed by atoms with Crippen molar-refractivity contribution in [2.45, 2.75) is 32.3 Å². The second kappa shape index (κ2) is 6.79. The molecule has 25 heavy (non-hydrogen) atoms. The number of amides is 2. The molecule has 4 rings (SSSR count). The van der Waals surface area contributed by atoms with Gasteiger partial charge in [0.1, 0.15) is 0 Å². The minimum atomic E-state index is 0.0840. The van der Waals surface area contributed by atoms with E-state index in [1.807, 2.05) is 41.0 Å². The van der Waals surface area contributed by atoms with Gasteiger partial charge in [-0.25, -0.2) is 0 Å². The molecule has 3 heterocycles. The van der Waals surface area contributed by atoms with Crippen molar-refractivity contribution in [3.05, 3.63) is 35.4 Å². The minimum absolute atomic E-state index is 0.0840. The highest BCUT2D eigenvalue weighted by Gasteiger charge is 2.46. The zero-order chi connectivity index (χ0) is 17.4. The molecule has 0 aliphatic carbocycles. The summed E-state index contributed by atoms with van der Waals surface area (Å²) in [4.78, 5) is 29.2. The number of nitrogens with zero attached hydrogens (tertiary/aromatic N) is 2. The molecule has 0 bridgehead atoms. The number of ether oxygens (including phenoxy) is 1. The number of hydrogen-bond acceptors (Lipinski definition) is 3. The van der Waals surface area contributed by atoms with Crippen LogP contribution in [0.4, 0.5) is 0 Å². The lowest BCUT2D eigenvalue weighted by Gasteiger charge is -2.22. The Balaban J connectivity index is 1.40. The van der Waals surface area contributed by atoms with Gasteiger partial charge in [0.25, 0.3) is 5.91 Å². The number of benzene rings is 1. The fourth-order valence-electron chi connectivity index (χ4n) is 4.48. The average molecular weight is 342 g/mol. The summed E-state index contributed by atoms with van der Waals surface area (Å²) in [7, 11) is 0. The van der Waals surface area contributed by atoms with Crippen LogP contribution in [-0.2, 0) is 9.53 Å². The summed E-state index contributed by atoms with van der Waals surface area (Å²) in [6.45, 7) is 5.78. The Kier molecular flexibility index (Phi) is 4.50. The van der Waals surface area contributed by atoms with E-state index in [0.29, 0.717) is 32.0 Å². The number of likely N-dealkylation sites (tertiary alicyclic amines) is 2. The van der Waals surface area contributed by atoms with Gasteiger partial charge in [-0.3, -0.25) is 9.59 Å². The van der Waals surface area contributed by atoms with Crippen LogP contribution in [0.1, 0.15) is 35.2 Å². The Labute approximate surface area is 148 Å². The maximum atomic E-state index is 12.8. The van der Waals surface area contributed by atoms with Crippen LogP contribution in [0.5, 0.6) is 0 Å². The first-order chi connectivity index (χ1) is 12.1. The third-order valence-corrected chi connectivity index (χ3v) is 6.00. The highest BCUT2D eigenvalue weighted by molar-refractivity contribution is 5.95. The second-order valence-corrected chi connectivity index (χ2v) is 7.61. The topological polar surface area (TPSA) is 49.9 Å². The van der Waals surface area contributed by atoms with Crippen molar-refractivity contribution in [1.29, 1.82) is 0 Å². The van der Waals surface area contributed by atoms with E-state index in [4.69, 9.17) is 4.74 Å². The predicted octanol–water partition coefficient (Wildman–Crippen LogP) is 2.09. The first-order valence-electron chi connectivity index (χ1n) is 9.38. The average Bonchev–Trinajstić information content (AvgIpc) is 3.33. The van der Waals surface area contributed by atoms with Crippen molar-refractivity contribution in [1.82, 2.24) is 9.80 Å². The van der Waals surface area contributed by atoms with Crippen molar-refractivity contribution < 1.29 is 14.3 Å². The van der Waals surface area contributed by atoms with Crippen LogP contribution in [0.25, 0.3) is 0 Å². The van der Waals surface area contributed by atoms with Crippen molar-refractivity contribution >= 4 is 11.8 Å². The first-order valence-corrected chi connectivity index (χ1v) is 9.38. The number of aryl methyl sites for hydroxylation is 1. The zero-order valence-electron chi connectivity index (χ0n) is 14.8. The molecule has 5 heteroatoms. The molecular formula is C20H26N2O3. The van der Waals surface area contributed by atoms with Gasteiger partial charge in [0, 0.05) is 44.1 Å². The summed E-state index contributed by atoms with van der Waals surface area (Å²) < 4.78 is 5.93. The maximum Gasteiger partial charge on any atom is 0.254 e. The summed E-state index contributed by atoms with van der Waals surface area (Å²) >= 11 is 0. The van der Waals surface area contributed by atoms with Gasteiger partial charge >= 0.3 is 0 Å². The largest absolute Gasteiger partial charge is 0.376 e. The Morgan fingerprint density at radius 2 is 1.88 bits per heavy atom. The molecule has 0 spiro atoms. The van der Waals surface area contributed by atoms with Gasteiger partial charge in [-0.05, 0) is 37.3 Å². The number of carbonyl (C=O) groups excluding carboxylic acids is 2. The van der Waals surface area contributed by atoms with Gasteiger partial charge < -0.3 is 14.5 Å². The number of hydrogen-bond donors (Lipinski definition) is 0. The van der Waals surface area contributed by atoms with Gasteiger partial charge in [-0.15, -0.1) is 0 Å². The fraction of sp³-hybridized carbons (Fsp3) is 0.600. The van der Waals surface area contributed by atoms with Crippen molar-refractivity contribution in [2.75, 3.05) is 32.8 Å². The molecule has 1 aromatic rings. The minimum Gasteiger partial charge on any atom is -0.376 e. The summed E-state index contributed by atoms with van der Waals surface area (Å²) in [5, 5.41) is 0. The summed E-state index contributed by atoms with van der Waals surface area (Å²) in [6, 6.07) is 7.72. The lowest BCUT2D eigenvalue weighted by molar-refractivity contribution is -0.131. The lowest BCUT2D eigenvalue weighted by Crippen LogP contribution is -2.33. The van der Waals surface area contributed by atoms with E-state index in [9.17, 15) is 9.59 Å². The zero-order valence-corrected chi connectivity index (χ0v) is 14.8. The third kappa shape index (κ3) is 3.17. The lowest BCUT2D eigenvalue weighted by atomic mass is 9.90. The fourth-order valence-corrected chi connectivity index (χ4v) is 4.48. The molecular weight excluding hydrogens is 316 g/mol. The van der Waals surface area contributed by atoms with Crippen molar-refractivity contribution in [3.8, 4) is 0 Å².